The molecule has 7 aromatic rings. The van der Waals surface area contributed by atoms with Gasteiger partial charge in [-0.15, -0.1) is 0 Å². The standard InChI is InChI=1S/2C18H15P.C9H8.Re/c2*1-4-10-16(11-5-1)19(17-12-6-2-7-13-17)18-14-8-3-9-15-18;1-2-5-9-7-3-6-8(9)4-1;/h2*1-15H;1-6H,7H2;. The van der Waals surface area contributed by atoms with Gasteiger partial charge < -0.3 is 0 Å². The Morgan fingerprint density at radius 1 is 0.292 bits per heavy atom. The van der Waals surface area contributed by atoms with E-state index in [0.717, 1.165) is 6.42 Å². The van der Waals surface area contributed by atoms with Gasteiger partial charge in [0.15, 0.2) is 0 Å². The molecule has 0 aromatic heterocycles. The summed E-state index contributed by atoms with van der Waals surface area (Å²) in [4.78, 5) is 0. The zero-order valence-corrected chi connectivity index (χ0v) is 31.3. The van der Waals surface area contributed by atoms with Crippen molar-refractivity contribution in [1.29, 1.82) is 0 Å². The van der Waals surface area contributed by atoms with Gasteiger partial charge in [-0.1, -0.05) is 218 Å². The monoisotopic (exact) mass is 827 g/mol. The van der Waals surface area contributed by atoms with Crippen LogP contribution in [-0.4, -0.2) is 0 Å². The first kappa shape index (κ1) is 35.1. The van der Waals surface area contributed by atoms with E-state index in [1.807, 2.05) is 0 Å². The van der Waals surface area contributed by atoms with E-state index in [1.54, 1.807) is 0 Å². The zero-order chi connectivity index (χ0) is 31.9. The van der Waals surface area contributed by atoms with Crippen LogP contribution in [0.3, 0.4) is 0 Å². The van der Waals surface area contributed by atoms with Crippen LogP contribution in [0.4, 0.5) is 0 Å². The molecule has 0 heterocycles. The largest absolute Gasteiger partial charge is 0.0795 e. The maximum Gasteiger partial charge on any atom is 0 e. The van der Waals surface area contributed by atoms with Gasteiger partial charge in [0.2, 0.25) is 0 Å². The van der Waals surface area contributed by atoms with E-state index in [4.69, 9.17) is 0 Å². The van der Waals surface area contributed by atoms with E-state index in [9.17, 15) is 0 Å². The van der Waals surface area contributed by atoms with E-state index in [0.29, 0.717) is 0 Å². The van der Waals surface area contributed by atoms with Crippen LogP contribution in [0.25, 0.3) is 6.08 Å². The van der Waals surface area contributed by atoms with Crippen molar-refractivity contribution in [1.82, 2.24) is 0 Å². The predicted molar refractivity (Wildman–Crippen MR) is 209 cm³/mol. The Labute approximate surface area is 302 Å². The molecule has 0 unspecified atom stereocenters. The summed E-state index contributed by atoms with van der Waals surface area (Å²) < 4.78 is 0. The van der Waals surface area contributed by atoms with Crippen LogP contribution in [0.15, 0.2) is 212 Å². The van der Waals surface area contributed by atoms with Crippen molar-refractivity contribution in [3.8, 4) is 0 Å². The quantitative estimate of drug-likeness (QED) is 0.147. The third kappa shape index (κ3) is 9.68. The van der Waals surface area contributed by atoms with Crippen molar-refractivity contribution >= 4 is 53.7 Å². The van der Waals surface area contributed by atoms with Crippen LogP contribution in [0.2, 0.25) is 0 Å². The Kier molecular flexibility index (Phi) is 13.9. The Balaban J connectivity index is 0.000000148. The smallest absolute Gasteiger partial charge is 0 e. The molecular weight excluding hydrogens is 789 g/mol. The molecule has 3 heteroatoms. The van der Waals surface area contributed by atoms with Gasteiger partial charge in [-0.2, -0.15) is 0 Å². The summed E-state index contributed by atoms with van der Waals surface area (Å²) in [5.41, 5.74) is 2.84. The third-order valence-electron chi connectivity index (χ3n) is 7.78. The molecule has 8 rings (SSSR count). The van der Waals surface area contributed by atoms with Crippen LogP contribution in [0, 0.1) is 0 Å². The fourth-order valence-corrected chi connectivity index (χ4v) is 10.2. The Bertz CT molecular complexity index is 1620. The molecule has 0 amide bonds. The minimum Gasteiger partial charge on any atom is -0.0795 e. The van der Waals surface area contributed by atoms with Gasteiger partial charge in [-0.25, -0.2) is 0 Å². The van der Waals surface area contributed by atoms with Crippen molar-refractivity contribution in [2.24, 2.45) is 0 Å². The van der Waals surface area contributed by atoms with Crippen molar-refractivity contribution in [2.75, 3.05) is 0 Å². The summed E-state index contributed by atoms with van der Waals surface area (Å²) >= 11 is 0. The number of hydrogen-bond donors (Lipinski definition) is 0. The van der Waals surface area contributed by atoms with E-state index in [-0.39, 0.29) is 20.4 Å². The summed E-state index contributed by atoms with van der Waals surface area (Å²) in [6.45, 7) is 0. The summed E-state index contributed by atoms with van der Waals surface area (Å²) in [5.74, 6) is 0. The molecule has 0 aliphatic heterocycles. The fourth-order valence-electron chi connectivity index (χ4n) is 5.55. The van der Waals surface area contributed by atoms with Gasteiger partial charge in [0.05, 0.1) is 0 Å². The van der Waals surface area contributed by atoms with Crippen LogP contribution in [0.5, 0.6) is 0 Å². The second kappa shape index (κ2) is 19.0. The summed E-state index contributed by atoms with van der Waals surface area (Å²) in [7, 11) is -0.892. The van der Waals surface area contributed by atoms with Crippen LogP contribution in [-0.2, 0) is 26.8 Å². The first-order valence-corrected chi connectivity index (χ1v) is 18.7. The number of fused-ring (bicyclic) bond motifs is 1. The van der Waals surface area contributed by atoms with Gasteiger partial charge in [0.25, 0.3) is 0 Å². The van der Waals surface area contributed by atoms with Gasteiger partial charge in [0.1, 0.15) is 0 Å². The Morgan fingerprint density at radius 3 is 0.812 bits per heavy atom. The van der Waals surface area contributed by atoms with Gasteiger partial charge in [-0.05, 0) is 65.2 Å². The molecule has 0 nitrogen and oxygen atoms in total. The van der Waals surface area contributed by atoms with Crippen LogP contribution in [0.1, 0.15) is 11.1 Å². The van der Waals surface area contributed by atoms with E-state index in [2.05, 4.69) is 218 Å². The SMILES string of the molecule is C1=Cc2ccccc2C1.[Re].c1ccc(P(c2ccccc2)c2ccccc2)cc1.c1ccc(P(c2ccccc2)c2ccccc2)cc1. The van der Waals surface area contributed by atoms with Crippen molar-refractivity contribution in [3.05, 3.63) is 223 Å². The molecule has 0 fully saturated rings. The molecule has 1 aliphatic carbocycles. The molecule has 0 saturated heterocycles. The molecule has 48 heavy (non-hydrogen) atoms. The molecule has 1 radical (unpaired) electrons. The Morgan fingerprint density at radius 2 is 0.542 bits per heavy atom. The normalized spacial score (nSPS) is 11.0. The maximum atomic E-state index is 2.23. The second-order valence-electron chi connectivity index (χ2n) is 11.0. The molecule has 0 spiro atoms. The average Bonchev–Trinajstić information content (AvgIpc) is 3.65. The van der Waals surface area contributed by atoms with Crippen molar-refractivity contribution in [2.45, 2.75) is 6.42 Å². The number of benzene rings is 7. The van der Waals surface area contributed by atoms with E-state index in [1.165, 1.54) is 43.0 Å². The molecule has 1 aliphatic rings. The van der Waals surface area contributed by atoms with Gasteiger partial charge in [-0.3, -0.25) is 0 Å². The summed E-state index contributed by atoms with van der Waals surface area (Å²) in [6, 6.07) is 73.1. The van der Waals surface area contributed by atoms with Crippen molar-refractivity contribution < 1.29 is 20.4 Å². The molecular formula is C45H38P2Re. The predicted octanol–water partition coefficient (Wildman–Crippen LogP) is 9.14. The molecule has 235 valence electrons. The maximum absolute atomic E-state index is 2.23. The summed E-state index contributed by atoms with van der Waals surface area (Å²) in [5, 5.41) is 8.39. The van der Waals surface area contributed by atoms with E-state index >= 15 is 0 Å². The first-order chi connectivity index (χ1) is 23.4. The van der Waals surface area contributed by atoms with Crippen LogP contribution < -0.4 is 31.8 Å². The minimum absolute atomic E-state index is 0. The van der Waals surface area contributed by atoms with Gasteiger partial charge >= 0.3 is 0 Å². The number of hydrogen-bond acceptors (Lipinski definition) is 0. The number of allylic oxidation sites excluding steroid dienone is 1. The topological polar surface area (TPSA) is 0 Å². The van der Waals surface area contributed by atoms with Crippen LogP contribution >= 0.6 is 15.8 Å². The average molecular weight is 827 g/mol. The molecule has 0 bridgehead atoms. The summed E-state index contributed by atoms with van der Waals surface area (Å²) in [6.07, 6.45) is 5.50. The van der Waals surface area contributed by atoms with Gasteiger partial charge in [0, 0.05) is 20.4 Å². The molecule has 0 atom stereocenters. The number of rotatable bonds is 6. The Hall–Kier alpha value is -4.20. The molecule has 0 N–H and O–H groups in total. The van der Waals surface area contributed by atoms with Crippen molar-refractivity contribution in [3.63, 3.8) is 0 Å². The zero-order valence-electron chi connectivity index (χ0n) is 26.8. The minimum atomic E-state index is -0.446. The first-order valence-electron chi connectivity index (χ1n) is 16.0. The molecule has 7 aromatic carbocycles. The van der Waals surface area contributed by atoms with E-state index < -0.39 is 15.8 Å². The second-order valence-corrected chi connectivity index (χ2v) is 15.4. The fraction of sp³-hybridized carbons (Fsp3) is 0.0222. The molecule has 0 saturated carbocycles. The third-order valence-corrected chi connectivity index (χ3v) is 12.7.